The van der Waals surface area contributed by atoms with Crippen LogP contribution in [-0.2, 0) is 0 Å². The highest BCUT2D eigenvalue weighted by atomic mass is 35.5. The van der Waals surface area contributed by atoms with Crippen LogP contribution in [0, 0.1) is 0 Å². The second kappa shape index (κ2) is 5.69. The van der Waals surface area contributed by atoms with E-state index in [9.17, 15) is 4.79 Å². The standard InChI is InChI=1S/C15H15ClN4O/c16-11-5-3-10(4-6-11)12-9-18-14(17)13(19-12)15(21)20-7-1-2-8-20/h3-6,9H,1-2,7-8H2,(H2,17,18). The summed E-state index contributed by atoms with van der Waals surface area (Å²) >= 11 is 5.88. The molecule has 2 heterocycles. The molecule has 0 bridgehead atoms. The number of nitrogens with zero attached hydrogens (tertiary/aromatic N) is 3. The number of halogens is 1. The lowest BCUT2D eigenvalue weighted by Crippen LogP contribution is -2.29. The fraction of sp³-hybridized carbons (Fsp3) is 0.267. The maximum absolute atomic E-state index is 12.4. The molecule has 0 saturated carbocycles. The summed E-state index contributed by atoms with van der Waals surface area (Å²) in [7, 11) is 0. The van der Waals surface area contributed by atoms with Gasteiger partial charge in [0.05, 0.1) is 11.9 Å². The van der Waals surface area contributed by atoms with E-state index in [1.54, 1.807) is 23.2 Å². The van der Waals surface area contributed by atoms with Crippen molar-refractivity contribution in [1.29, 1.82) is 0 Å². The van der Waals surface area contributed by atoms with Gasteiger partial charge in [0.15, 0.2) is 11.5 Å². The van der Waals surface area contributed by atoms with Gasteiger partial charge in [-0.25, -0.2) is 9.97 Å². The maximum atomic E-state index is 12.4. The molecule has 3 rings (SSSR count). The van der Waals surface area contributed by atoms with Crippen molar-refractivity contribution >= 4 is 23.3 Å². The van der Waals surface area contributed by atoms with Crippen molar-refractivity contribution in [3.05, 3.63) is 41.2 Å². The summed E-state index contributed by atoms with van der Waals surface area (Å²) in [5.74, 6) is 0.0259. The van der Waals surface area contributed by atoms with Crippen molar-refractivity contribution in [2.24, 2.45) is 0 Å². The van der Waals surface area contributed by atoms with Crippen LogP contribution in [0.5, 0.6) is 0 Å². The van der Waals surface area contributed by atoms with Crippen LogP contribution in [0.4, 0.5) is 5.82 Å². The van der Waals surface area contributed by atoms with E-state index >= 15 is 0 Å². The van der Waals surface area contributed by atoms with E-state index in [1.807, 2.05) is 12.1 Å². The predicted molar refractivity (Wildman–Crippen MR) is 82.0 cm³/mol. The number of nitrogens with two attached hydrogens (primary N) is 1. The summed E-state index contributed by atoms with van der Waals surface area (Å²) in [5.41, 5.74) is 7.51. The number of nitrogen functional groups attached to an aromatic ring is 1. The molecule has 1 aromatic heterocycles. The van der Waals surface area contributed by atoms with Crippen molar-refractivity contribution in [1.82, 2.24) is 14.9 Å². The lowest BCUT2D eigenvalue weighted by molar-refractivity contribution is 0.0788. The normalized spacial score (nSPS) is 14.4. The van der Waals surface area contributed by atoms with E-state index < -0.39 is 0 Å². The molecule has 0 atom stereocenters. The summed E-state index contributed by atoms with van der Waals surface area (Å²) in [4.78, 5) is 22.7. The molecular weight excluding hydrogens is 288 g/mol. The van der Waals surface area contributed by atoms with Gasteiger partial charge in [0.1, 0.15) is 0 Å². The number of aromatic nitrogens is 2. The van der Waals surface area contributed by atoms with Gasteiger partial charge in [-0.3, -0.25) is 4.79 Å². The third kappa shape index (κ3) is 2.83. The zero-order chi connectivity index (χ0) is 14.8. The van der Waals surface area contributed by atoms with Gasteiger partial charge in [0.25, 0.3) is 5.91 Å². The van der Waals surface area contributed by atoms with E-state index in [4.69, 9.17) is 17.3 Å². The average Bonchev–Trinajstić information content (AvgIpc) is 3.02. The topological polar surface area (TPSA) is 72.1 Å². The Morgan fingerprint density at radius 1 is 1.19 bits per heavy atom. The Labute approximate surface area is 127 Å². The van der Waals surface area contributed by atoms with Gasteiger partial charge in [-0.15, -0.1) is 0 Å². The van der Waals surface area contributed by atoms with Crippen LogP contribution < -0.4 is 5.73 Å². The van der Waals surface area contributed by atoms with Gasteiger partial charge >= 0.3 is 0 Å². The maximum Gasteiger partial charge on any atom is 0.276 e. The largest absolute Gasteiger partial charge is 0.382 e. The zero-order valence-corrected chi connectivity index (χ0v) is 12.2. The molecule has 0 spiro atoms. The van der Waals surface area contributed by atoms with Crippen LogP contribution in [0.25, 0.3) is 11.3 Å². The van der Waals surface area contributed by atoms with Gasteiger partial charge in [0, 0.05) is 23.7 Å². The van der Waals surface area contributed by atoms with Gasteiger partial charge < -0.3 is 10.6 Å². The van der Waals surface area contributed by atoms with Crippen molar-refractivity contribution in [2.75, 3.05) is 18.8 Å². The number of benzene rings is 1. The van der Waals surface area contributed by atoms with Crippen molar-refractivity contribution < 1.29 is 4.79 Å². The molecule has 108 valence electrons. The van der Waals surface area contributed by atoms with Crippen molar-refractivity contribution in [2.45, 2.75) is 12.8 Å². The lowest BCUT2D eigenvalue weighted by atomic mass is 10.1. The van der Waals surface area contributed by atoms with Crippen LogP contribution in [0.15, 0.2) is 30.5 Å². The number of likely N-dealkylation sites (tertiary alicyclic amines) is 1. The molecule has 0 radical (unpaired) electrons. The Morgan fingerprint density at radius 2 is 1.86 bits per heavy atom. The Morgan fingerprint density at radius 3 is 2.52 bits per heavy atom. The summed E-state index contributed by atoms with van der Waals surface area (Å²) in [6.07, 6.45) is 3.62. The molecule has 1 amide bonds. The van der Waals surface area contributed by atoms with Gasteiger partial charge in [-0.1, -0.05) is 23.7 Å². The zero-order valence-electron chi connectivity index (χ0n) is 11.4. The minimum Gasteiger partial charge on any atom is -0.382 e. The molecule has 2 N–H and O–H groups in total. The molecule has 1 saturated heterocycles. The van der Waals surface area contributed by atoms with Gasteiger partial charge in [-0.05, 0) is 25.0 Å². The third-order valence-electron chi connectivity index (χ3n) is 3.54. The summed E-state index contributed by atoms with van der Waals surface area (Å²) in [5, 5.41) is 0.649. The van der Waals surface area contributed by atoms with Crippen molar-refractivity contribution in [3.8, 4) is 11.3 Å². The SMILES string of the molecule is Nc1ncc(-c2ccc(Cl)cc2)nc1C(=O)N1CCCC1. The van der Waals surface area contributed by atoms with Crippen LogP contribution in [-0.4, -0.2) is 33.9 Å². The fourth-order valence-electron chi connectivity index (χ4n) is 2.39. The Balaban J connectivity index is 1.95. The van der Waals surface area contributed by atoms with E-state index in [2.05, 4.69) is 9.97 Å². The second-order valence-electron chi connectivity index (χ2n) is 5.00. The second-order valence-corrected chi connectivity index (χ2v) is 5.43. The first kappa shape index (κ1) is 13.8. The number of carbonyl (C=O) groups excluding carboxylic acids is 1. The molecule has 21 heavy (non-hydrogen) atoms. The number of carbonyl (C=O) groups is 1. The van der Waals surface area contributed by atoms with Crippen LogP contribution >= 0.6 is 11.6 Å². The Hall–Kier alpha value is -2.14. The highest BCUT2D eigenvalue weighted by molar-refractivity contribution is 6.30. The summed E-state index contributed by atoms with van der Waals surface area (Å²) < 4.78 is 0. The number of anilines is 1. The minimum absolute atomic E-state index is 0.145. The molecule has 0 aliphatic carbocycles. The number of hydrogen-bond donors (Lipinski definition) is 1. The Bertz CT molecular complexity index is 666. The fourth-order valence-corrected chi connectivity index (χ4v) is 2.51. The van der Waals surface area contributed by atoms with Crippen molar-refractivity contribution in [3.63, 3.8) is 0 Å². The summed E-state index contributed by atoms with van der Waals surface area (Å²) in [6, 6.07) is 7.23. The Kier molecular flexibility index (Phi) is 3.75. The first-order valence-electron chi connectivity index (χ1n) is 6.83. The van der Waals surface area contributed by atoms with E-state index in [0.29, 0.717) is 10.7 Å². The molecule has 1 fully saturated rings. The molecule has 1 aliphatic rings. The molecular formula is C15H15ClN4O. The average molecular weight is 303 g/mol. The molecule has 2 aromatic rings. The molecule has 5 nitrogen and oxygen atoms in total. The molecule has 0 unspecified atom stereocenters. The molecule has 1 aliphatic heterocycles. The van der Waals surface area contributed by atoms with E-state index in [-0.39, 0.29) is 17.4 Å². The first-order valence-corrected chi connectivity index (χ1v) is 7.20. The first-order chi connectivity index (χ1) is 10.1. The molecule has 1 aromatic carbocycles. The smallest absolute Gasteiger partial charge is 0.276 e. The number of hydrogen-bond acceptors (Lipinski definition) is 4. The van der Waals surface area contributed by atoms with E-state index in [1.165, 1.54) is 0 Å². The van der Waals surface area contributed by atoms with Crippen LogP contribution in [0.3, 0.4) is 0 Å². The van der Waals surface area contributed by atoms with Gasteiger partial charge in [-0.2, -0.15) is 0 Å². The number of rotatable bonds is 2. The predicted octanol–water partition coefficient (Wildman–Crippen LogP) is 2.62. The third-order valence-corrected chi connectivity index (χ3v) is 3.79. The summed E-state index contributed by atoms with van der Waals surface area (Å²) in [6.45, 7) is 1.51. The molecule has 6 heteroatoms. The van der Waals surface area contributed by atoms with Crippen LogP contribution in [0.2, 0.25) is 5.02 Å². The highest BCUT2D eigenvalue weighted by Crippen LogP contribution is 2.22. The highest BCUT2D eigenvalue weighted by Gasteiger charge is 2.23. The number of amides is 1. The monoisotopic (exact) mass is 302 g/mol. The van der Waals surface area contributed by atoms with Gasteiger partial charge in [0.2, 0.25) is 0 Å². The quantitative estimate of drug-likeness (QED) is 0.925. The van der Waals surface area contributed by atoms with E-state index in [0.717, 1.165) is 31.5 Å². The lowest BCUT2D eigenvalue weighted by Gasteiger charge is -2.15. The van der Waals surface area contributed by atoms with Crippen LogP contribution in [0.1, 0.15) is 23.3 Å². The minimum atomic E-state index is -0.145.